The fourth-order valence-corrected chi connectivity index (χ4v) is 1.92. The standard InChI is InChI=1S/C17H16O4/c1-20-17(19)21-15-10-6-5-9-14(11-12-15)16(18)13-7-3-2-4-8-13/h2-11,15H,12H2,1H3. The highest BCUT2D eigenvalue weighted by Gasteiger charge is 2.14. The molecule has 0 spiro atoms. The van der Waals surface area contributed by atoms with Crippen molar-refractivity contribution >= 4 is 11.9 Å². The van der Waals surface area contributed by atoms with E-state index in [4.69, 9.17) is 4.74 Å². The van der Waals surface area contributed by atoms with E-state index in [9.17, 15) is 9.59 Å². The highest BCUT2D eigenvalue weighted by molar-refractivity contribution is 6.10. The maximum absolute atomic E-state index is 12.4. The lowest BCUT2D eigenvalue weighted by molar-refractivity contribution is 0.0534. The molecule has 0 saturated heterocycles. The van der Waals surface area contributed by atoms with Gasteiger partial charge in [-0.25, -0.2) is 4.79 Å². The van der Waals surface area contributed by atoms with Crippen LogP contribution in [-0.2, 0) is 9.47 Å². The minimum absolute atomic E-state index is 0.0565. The Hall–Kier alpha value is -2.62. The summed E-state index contributed by atoms with van der Waals surface area (Å²) in [6, 6.07) is 9.05. The Morgan fingerprint density at radius 3 is 2.62 bits per heavy atom. The van der Waals surface area contributed by atoms with Gasteiger partial charge in [-0.2, -0.15) is 0 Å². The van der Waals surface area contributed by atoms with Gasteiger partial charge in [0.1, 0.15) is 6.10 Å². The first-order chi connectivity index (χ1) is 10.2. The summed E-state index contributed by atoms with van der Waals surface area (Å²) in [6.07, 6.45) is 8.00. The lowest BCUT2D eigenvalue weighted by Crippen LogP contribution is -2.16. The van der Waals surface area contributed by atoms with E-state index in [2.05, 4.69) is 4.74 Å². The molecule has 1 atom stereocenters. The second-order valence-corrected chi connectivity index (χ2v) is 4.44. The van der Waals surface area contributed by atoms with Gasteiger partial charge in [0.2, 0.25) is 0 Å². The zero-order valence-electron chi connectivity index (χ0n) is 11.7. The molecule has 0 fully saturated rings. The first kappa shape index (κ1) is 14.8. The molecule has 1 aliphatic rings. The number of carbonyl (C=O) groups excluding carboxylic acids is 2. The van der Waals surface area contributed by atoms with Gasteiger partial charge in [0.25, 0.3) is 0 Å². The van der Waals surface area contributed by atoms with Crippen LogP contribution in [0, 0.1) is 0 Å². The fraction of sp³-hybridized carbons (Fsp3) is 0.176. The summed E-state index contributed by atoms with van der Waals surface area (Å²) in [7, 11) is 1.26. The van der Waals surface area contributed by atoms with Crippen LogP contribution in [0.5, 0.6) is 0 Å². The van der Waals surface area contributed by atoms with E-state index in [0.29, 0.717) is 17.6 Å². The van der Waals surface area contributed by atoms with E-state index in [0.717, 1.165) is 0 Å². The normalized spacial score (nSPS) is 17.4. The Morgan fingerprint density at radius 2 is 1.90 bits per heavy atom. The molecular weight excluding hydrogens is 268 g/mol. The second-order valence-electron chi connectivity index (χ2n) is 4.44. The Balaban J connectivity index is 2.14. The van der Waals surface area contributed by atoms with Crippen LogP contribution >= 0.6 is 0 Å². The van der Waals surface area contributed by atoms with E-state index in [1.165, 1.54) is 7.11 Å². The number of methoxy groups -OCH3 is 1. The Bertz CT molecular complexity index is 596. The van der Waals surface area contributed by atoms with Gasteiger partial charge >= 0.3 is 6.16 Å². The third kappa shape index (κ3) is 4.18. The zero-order valence-corrected chi connectivity index (χ0v) is 11.7. The molecule has 0 aromatic heterocycles. The summed E-state index contributed by atoms with van der Waals surface area (Å²) < 4.78 is 9.54. The Morgan fingerprint density at radius 1 is 1.14 bits per heavy atom. The van der Waals surface area contributed by atoms with Crippen molar-refractivity contribution in [3.05, 3.63) is 71.8 Å². The van der Waals surface area contributed by atoms with Gasteiger partial charge in [0.15, 0.2) is 5.78 Å². The van der Waals surface area contributed by atoms with E-state index >= 15 is 0 Å². The molecule has 0 amide bonds. The van der Waals surface area contributed by atoms with Gasteiger partial charge in [-0.3, -0.25) is 4.79 Å². The smallest absolute Gasteiger partial charge is 0.438 e. The molecule has 0 heterocycles. The average molecular weight is 284 g/mol. The molecule has 0 radical (unpaired) electrons. The SMILES string of the molecule is COC(=O)OC1C=CC=CC(C(=O)c2ccccc2)=CC1. The van der Waals surface area contributed by atoms with Crippen LogP contribution in [0.2, 0.25) is 0 Å². The number of hydrogen-bond acceptors (Lipinski definition) is 4. The van der Waals surface area contributed by atoms with E-state index in [1.807, 2.05) is 18.2 Å². The summed E-state index contributed by atoms with van der Waals surface area (Å²) in [5.74, 6) is -0.0565. The molecule has 21 heavy (non-hydrogen) atoms. The molecule has 0 saturated carbocycles. The van der Waals surface area contributed by atoms with Crippen molar-refractivity contribution in [2.24, 2.45) is 0 Å². The molecule has 4 nitrogen and oxygen atoms in total. The van der Waals surface area contributed by atoms with Crippen LogP contribution in [0.3, 0.4) is 0 Å². The van der Waals surface area contributed by atoms with Crippen molar-refractivity contribution in [3.63, 3.8) is 0 Å². The molecule has 0 bridgehead atoms. The largest absolute Gasteiger partial charge is 0.508 e. The van der Waals surface area contributed by atoms with Crippen LogP contribution in [-0.4, -0.2) is 25.2 Å². The number of carbonyl (C=O) groups is 2. The molecule has 1 aromatic rings. The van der Waals surface area contributed by atoms with E-state index < -0.39 is 12.3 Å². The lowest BCUT2D eigenvalue weighted by Gasteiger charge is -2.13. The van der Waals surface area contributed by atoms with Gasteiger partial charge in [0, 0.05) is 17.6 Å². The molecule has 2 rings (SSSR count). The van der Waals surface area contributed by atoms with Crippen LogP contribution < -0.4 is 0 Å². The zero-order chi connectivity index (χ0) is 15.1. The van der Waals surface area contributed by atoms with Gasteiger partial charge in [-0.1, -0.05) is 54.6 Å². The van der Waals surface area contributed by atoms with Crippen LogP contribution in [0.4, 0.5) is 4.79 Å². The molecule has 108 valence electrons. The van der Waals surface area contributed by atoms with Gasteiger partial charge in [-0.05, 0) is 6.08 Å². The molecule has 0 aliphatic heterocycles. The predicted octanol–water partition coefficient (Wildman–Crippen LogP) is 3.46. The number of benzene rings is 1. The van der Waals surface area contributed by atoms with Crippen molar-refractivity contribution < 1.29 is 19.1 Å². The highest BCUT2D eigenvalue weighted by atomic mass is 16.7. The van der Waals surface area contributed by atoms with Crippen molar-refractivity contribution in [1.29, 1.82) is 0 Å². The van der Waals surface area contributed by atoms with E-state index in [-0.39, 0.29) is 5.78 Å². The predicted molar refractivity (Wildman–Crippen MR) is 79.0 cm³/mol. The van der Waals surface area contributed by atoms with Crippen LogP contribution in [0.15, 0.2) is 66.3 Å². The first-order valence-electron chi connectivity index (χ1n) is 6.60. The van der Waals surface area contributed by atoms with Gasteiger partial charge in [0.05, 0.1) is 7.11 Å². The third-order valence-corrected chi connectivity index (χ3v) is 3.00. The maximum atomic E-state index is 12.4. The molecular formula is C17H16O4. The van der Waals surface area contributed by atoms with Gasteiger partial charge < -0.3 is 9.47 Å². The topological polar surface area (TPSA) is 52.6 Å². The summed E-state index contributed by atoms with van der Waals surface area (Å²) in [5, 5.41) is 0. The van der Waals surface area contributed by atoms with Crippen LogP contribution in [0.1, 0.15) is 16.8 Å². The highest BCUT2D eigenvalue weighted by Crippen LogP contribution is 2.15. The Kier molecular flexibility index (Phi) is 5.10. The molecule has 0 N–H and O–H groups in total. The summed E-state index contributed by atoms with van der Waals surface area (Å²) >= 11 is 0. The van der Waals surface area contributed by atoms with Gasteiger partial charge in [-0.15, -0.1) is 0 Å². The molecule has 1 aromatic carbocycles. The minimum Gasteiger partial charge on any atom is -0.438 e. The van der Waals surface area contributed by atoms with Crippen LogP contribution in [0.25, 0.3) is 0 Å². The minimum atomic E-state index is -0.737. The molecule has 1 aliphatic carbocycles. The molecule has 1 unspecified atom stereocenters. The average Bonchev–Trinajstić information content (AvgIpc) is 2.50. The molecule has 4 heteroatoms. The number of Topliss-reactive ketones (excluding diaryl/α,β-unsaturated/α-hetero) is 1. The van der Waals surface area contributed by atoms with Crippen molar-refractivity contribution in [2.75, 3.05) is 7.11 Å². The monoisotopic (exact) mass is 284 g/mol. The third-order valence-electron chi connectivity index (χ3n) is 3.00. The Labute approximate surface area is 123 Å². The summed E-state index contributed by atoms with van der Waals surface area (Å²) in [4.78, 5) is 23.5. The van der Waals surface area contributed by atoms with Crippen molar-refractivity contribution in [2.45, 2.75) is 12.5 Å². The summed E-state index contributed by atoms with van der Waals surface area (Å²) in [5.41, 5.74) is 1.20. The number of hydrogen-bond donors (Lipinski definition) is 0. The quantitative estimate of drug-likeness (QED) is 0.630. The van der Waals surface area contributed by atoms with Crippen molar-refractivity contribution in [3.8, 4) is 0 Å². The fourth-order valence-electron chi connectivity index (χ4n) is 1.92. The van der Waals surface area contributed by atoms with Crippen molar-refractivity contribution in [1.82, 2.24) is 0 Å². The first-order valence-corrected chi connectivity index (χ1v) is 6.60. The maximum Gasteiger partial charge on any atom is 0.508 e. The van der Waals surface area contributed by atoms with E-state index in [1.54, 1.807) is 42.5 Å². The number of rotatable bonds is 3. The number of ketones is 1. The number of ether oxygens (including phenoxy) is 2. The lowest BCUT2D eigenvalue weighted by atomic mass is 10.00. The number of allylic oxidation sites excluding steroid dienone is 4. The summed E-state index contributed by atoms with van der Waals surface area (Å²) in [6.45, 7) is 0. The second kappa shape index (κ2) is 7.24.